The van der Waals surface area contributed by atoms with E-state index in [9.17, 15) is 4.79 Å². The summed E-state index contributed by atoms with van der Waals surface area (Å²) in [6.45, 7) is 5.91. The summed E-state index contributed by atoms with van der Waals surface area (Å²) in [4.78, 5) is 11.4. The molecule has 0 spiro atoms. The Labute approximate surface area is 92.9 Å². The second-order valence-electron chi connectivity index (χ2n) is 5.30. The maximum absolute atomic E-state index is 11.4. The van der Waals surface area contributed by atoms with Crippen molar-refractivity contribution in [3.05, 3.63) is 0 Å². The van der Waals surface area contributed by atoms with Gasteiger partial charge in [0.15, 0.2) is 0 Å². The van der Waals surface area contributed by atoms with E-state index in [1.165, 1.54) is 12.5 Å². The number of cyclic esters (lactones) is 1. The Hall–Kier alpha value is -0.353. The molecule has 2 fully saturated rings. The Kier molecular flexibility index (Phi) is 3.16. The molecular formula is C11H21NO2Si. The van der Waals surface area contributed by atoms with Crippen LogP contribution in [0.4, 0.5) is 0 Å². The fourth-order valence-electron chi connectivity index (χ4n) is 2.74. The van der Waals surface area contributed by atoms with E-state index in [1.54, 1.807) is 0 Å². The molecule has 0 radical (unpaired) electrons. The molecule has 2 heterocycles. The minimum absolute atomic E-state index is 0.00852. The Balaban J connectivity index is 2.05. The van der Waals surface area contributed by atoms with Crippen LogP contribution in [-0.4, -0.2) is 31.5 Å². The first-order valence-electron chi connectivity index (χ1n) is 6.06. The maximum atomic E-state index is 11.4. The van der Waals surface area contributed by atoms with Gasteiger partial charge in [-0.3, -0.25) is 9.36 Å². The fourth-order valence-corrected chi connectivity index (χ4v) is 5.77. The molecule has 0 saturated carbocycles. The van der Waals surface area contributed by atoms with Crippen molar-refractivity contribution in [1.29, 1.82) is 0 Å². The van der Waals surface area contributed by atoms with Crippen molar-refractivity contribution in [3.63, 3.8) is 0 Å². The highest BCUT2D eigenvalue weighted by Gasteiger charge is 2.40. The van der Waals surface area contributed by atoms with Gasteiger partial charge in [0.25, 0.3) is 0 Å². The van der Waals surface area contributed by atoms with Gasteiger partial charge in [-0.25, -0.2) is 0 Å². The number of hydrogen-bond acceptors (Lipinski definition) is 3. The molecule has 2 aliphatic heterocycles. The van der Waals surface area contributed by atoms with E-state index in [2.05, 4.69) is 17.7 Å². The van der Waals surface area contributed by atoms with Crippen molar-refractivity contribution in [2.24, 2.45) is 0 Å². The van der Waals surface area contributed by atoms with Gasteiger partial charge in [0.1, 0.15) is 14.5 Å². The number of carbonyl (C=O) groups is 1. The molecule has 0 bridgehead atoms. The smallest absolute Gasteiger partial charge is 0.307 e. The van der Waals surface area contributed by atoms with Crippen LogP contribution in [0.15, 0.2) is 0 Å². The molecule has 0 amide bonds. The van der Waals surface area contributed by atoms with Crippen LogP contribution in [0.3, 0.4) is 0 Å². The van der Waals surface area contributed by atoms with Crippen LogP contribution in [-0.2, 0) is 9.53 Å². The zero-order valence-corrected chi connectivity index (χ0v) is 10.8. The highest BCUT2D eigenvalue weighted by molar-refractivity contribution is 6.75. The van der Waals surface area contributed by atoms with Crippen LogP contribution in [0.25, 0.3) is 0 Å². The number of carbonyl (C=O) groups excluding carboxylic acids is 1. The van der Waals surface area contributed by atoms with E-state index in [0.717, 1.165) is 25.8 Å². The van der Waals surface area contributed by atoms with E-state index >= 15 is 0 Å². The molecule has 0 aromatic rings. The predicted octanol–water partition coefficient (Wildman–Crippen LogP) is 2.34. The van der Waals surface area contributed by atoms with Crippen LogP contribution in [0.2, 0.25) is 19.1 Å². The molecule has 86 valence electrons. The minimum atomic E-state index is -1.25. The quantitative estimate of drug-likeness (QED) is 0.509. The number of ether oxygens (including phenoxy) is 1. The fraction of sp³-hybridized carbons (Fsp3) is 0.909. The normalized spacial score (nSPS) is 32.4. The van der Waals surface area contributed by atoms with Crippen molar-refractivity contribution >= 4 is 14.2 Å². The van der Waals surface area contributed by atoms with Gasteiger partial charge in [0, 0.05) is 6.42 Å². The van der Waals surface area contributed by atoms with Crippen molar-refractivity contribution in [2.75, 3.05) is 6.54 Å². The zero-order chi connectivity index (χ0) is 10.9. The van der Waals surface area contributed by atoms with Crippen LogP contribution in [0.5, 0.6) is 0 Å². The number of nitrogens with zero attached hydrogens (tertiary/aromatic N) is 1. The zero-order valence-electron chi connectivity index (χ0n) is 9.79. The van der Waals surface area contributed by atoms with Crippen molar-refractivity contribution in [2.45, 2.75) is 57.5 Å². The van der Waals surface area contributed by atoms with Gasteiger partial charge in [-0.2, -0.15) is 0 Å². The summed E-state index contributed by atoms with van der Waals surface area (Å²) >= 11 is 0. The molecule has 2 rings (SSSR count). The van der Waals surface area contributed by atoms with Crippen LogP contribution >= 0.6 is 0 Å². The van der Waals surface area contributed by atoms with Gasteiger partial charge < -0.3 is 4.74 Å². The lowest BCUT2D eigenvalue weighted by Gasteiger charge is -2.35. The van der Waals surface area contributed by atoms with Gasteiger partial charge >= 0.3 is 5.97 Å². The van der Waals surface area contributed by atoms with E-state index in [0.29, 0.717) is 6.42 Å². The van der Waals surface area contributed by atoms with Gasteiger partial charge in [-0.05, 0) is 38.3 Å². The van der Waals surface area contributed by atoms with Crippen molar-refractivity contribution < 1.29 is 9.53 Å². The third kappa shape index (κ3) is 2.42. The molecule has 2 aliphatic rings. The van der Waals surface area contributed by atoms with Gasteiger partial charge in [-0.15, -0.1) is 0 Å². The van der Waals surface area contributed by atoms with Crippen LogP contribution in [0.1, 0.15) is 32.1 Å². The molecule has 0 aromatic heterocycles. The summed E-state index contributed by atoms with van der Waals surface area (Å²) in [7, 11) is -1.25. The SMILES string of the molecule is C[Si]1(C)CCCN1C1CCCCC(=O)O1. The molecule has 1 unspecified atom stereocenters. The monoisotopic (exact) mass is 227 g/mol. The minimum Gasteiger partial charge on any atom is -0.447 e. The predicted molar refractivity (Wildman–Crippen MR) is 62.0 cm³/mol. The summed E-state index contributed by atoms with van der Waals surface area (Å²) < 4.78 is 8.06. The second kappa shape index (κ2) is 4.26. The maximum Gasteiger partial charge on any atom is 0.307 e. The van der Waals surface area contributed by atoms with Crippen LogP contribution < -0.4 is 0 Å². The topological polar surface area (TPSA) is 29.5 Å². The lowest BCUT2D eigenvalue weighted by Crippen LogP contribution is -2.50. The largest absolute Gasteiger partial charge is 0.447 e. The average Bonchev–Trinajstić information content (AvgIpc) is 2.38. The Morgan fingerprint density at radius 1 is 1.33 bits per heavy atom. The summed E-state index contributed by atoms with van der Waals surface area (Å²) in [5, 5.41) is 0. The molecular weight excluding hydrogens is 206 g/mol. The lowest BCUT2D eigenvalue weighted by molar-refractivity contribution is -0.153. The first kappa shape index (κ1) is 11.1. The third-order valence-electron chi connectivity index (χ3n) is 3.66. The highest BCUT2D eigenvalue weighted by atomic mass is 28.3. The lowest BCUT2D eigenvalue weighted by atomic mass is 10.2. The highest BCUT2D eigenvalue weighted by Crippen LogP contribution is 2.31. The number of hydrogen-bond donors (Lipinski definition) is 0. The standard InChI is InChI=1S/C11H21NO2Si/c1-15(2)9-5-8-12(15)10-6-3-4-7-11(13)14-10/h10H,3-9H2,1-2H3. The van der Waals surface area contributed by atoms with Gasteiger partial charge in [0.05, 0.1) is 0 Å². The van der Waals surface area contributed by atoms with E-state index < -0.39 is 8.24 Å². The molecule has 4 heteroatoms. The molecule has 15 heavy (non-hydrogen) atoms. The summed E-state index contributed by atoms with van der Waals surface area (Å²) in [6.07, 6.45) is 5.19. The molecule has 0 aromatic carbocycles. The van der Waals surface area contributed by atoms with Crippen molar-refractivity contribution in [3.8, 4) is 0 Å². The first-order valence-corrected chi connectivity index (χ1v) is 9.21. The Morgan fingerprint density at radius 3 is 2.80 bits per heavy atom. The van der Waals surface area contributed by atoms with E-state index in [-0.39, 0.29) is 12.2 Å². The molecule has 0 N–H and O–H groups in total. The van der Waals surface area contributed by atoms with Gasteiger partial charge in [-0.1, -0.05) is 13.1 Å². The summed E-state index contributed by atoms with van der Waals surface area (Å²) in [5.74, 6) is 0.00852. The Morgan fingerprint density at radius 2 is 2.13 bits per heavy atom. The first-order chi connectivity index (χ1) is 7.09. The van der Waals surface area contributed by atoms with Crippen molar-refractivity contribution in [1.82, 2.24) is 4.57 Å². The number of esters is 1. The van der Waals surface area contributed by atoms with Crippen LogP contribution in [0, 0.1) is 0 Å². The summed E-state index contributed by atoms with van der Waals surface area (Å²) in [6, 6.07) is 1.35. The summed E-state index contributed by atoms with van der Waals surface area (Å²) in [5.41, 5.74) is 0. The molecule has 1 atom stereocenters. The average molecular weight is 227 g/mol. The third-order valence-corrected chi connectivity index (χ3v) is 7.31. The van der Waals surface area contributed by atoms with Gasteiger partial charge in [0.2, 0.25) is 0 Å². The number of rotatable bonds is 1. The molecule has 0 aliphatic carbocycles. The second-order valence-corrected chi connectivity index (χ2v) is 10.00. The van der Waals surface area contributed by atoms with E-state index in [4.69, 9.17) is 4.74 Å². The molecule has 2 saturated heterocycles. The molecule has 3 nitrogen and oxygen atoms in total. The van der Waals surface area contributed by atoms with E-state index in [1.807, 2.05) is 0 Å². The Bertz CT molecular complexity index is 255.